The van der Waals surface area contributed by atoms with E-state index in [1.165, 1.54) is 0 Å². The Labute approximate surface area is 138 Å². The molecule has 2 atom stereocenters. The number of aromatic amines is 1. The molecule has 0 aliphatic carbocycles. The highest BCUT2D eigenvalue weighted by Gasteiger charge is 2.39. The van der Waals surface area contributed by atoms with Crippen LogP contribution in [-0.4, -0.2) is 50.1 Å². The number of nitrogens with one attached hydrogen (secondary N) is 1. The third kappa shape index (κ3) is 3.08. The topological polar surface area (TPSA) is 108 Å². The smallest absolute Gasteiger partial charge is 0.410 e. The Bertz CT molecular complexity index is 731. The van der Waals surface area contributed by atoms with Crippen molar-refractivity contribution in [2.24, 2.45) is 0 Å². The standard InChI is InChI=1S/C16H18N4O4/c1-10-12(13-14(15(21)22)18-19-17-13)7-8-20(10)16(23)24-9-11-5-3-2-4-6-11/h2-6,10,12H,7-9H2,1H3,(H,21,22)(H,17,18,19). The maximum atomic E-state index is 12.3. The molecule has 3 rings (SSSR count). The summed E-state index contributed by atoms with van der Waals surface area (Å²) in [5.41, 5.74) is 1.21. The van der Waals surface area contributed by atoms with E-state index in [0.717, 1.165) is 5.56 Å². The van der Waals surface area contributed by atoms with Crippen molar-refractivity contribution < 1.29 is 19.4 Å². The molecule has 126 valence electrons. The van der Waals surface area contributed by atoms with Gasteiger partial charge in [0.25, 0.3) is 0 Å². The summed E-state index contributed by atoms with van der Waals surface area (Å²) in [4.78, 5) is 25.1. The molecule has 1 aromatic heterocycles. The first-order valence-electron chi connectivity index (χ1n) is 7.69. The van der Waals surface area contributed by atoms with Gasteiger partial charge in [-0.1, -0.05) is 30.3 Å². The number of rotatable bonds is 4. The molecule has 2 unspecified atom stereocenters. The maximum absolute atomic E-state index is 12.3. The lowest BCUT2D eigenvalue weighted by atomic mass is 9.96. The fourth-order valence-electron chi connectivity index (χ4n) is 3.02. The highest BCUT2D eigenvalue weighted by atomic mass is 16.6. The van der Waals surface area contributed by atoms with Crippen molar-refractivity contribution in [1.29, 1.82) is 0 Å². The van der Waals surface area contributed by atoms with E-state index in [0.29, 0.717) is 18.7 Å². The van der Waals surface area contributed by atoms with Crippen LogP contribution in [0.3, 0.4) is 0 Å². The number of likely N-dealkylation sites (tertiary alicyclic amines) is 1. The first kappa shape index (κ1) is 16.0. The molecule has 1 aliphatic rings. The van der Waals surface area contributed by atoms with Crippen LogP contribution in [0.5, 0.6) is 0 Å². The van der Waals surface area contributed by atoms with Crippen molar-refractivity contribution >= 4 is 12.1 Å². The Hall–Kier alpha value is -2.90. The van der Waals surface area contributed by atoms with Crippen molar-refractivity contribution in [2.45, 2.75) is 31.9 Å². The monoisotopic (exact) mass is 330 g/mol. The zero-order chi connectivity index (χ0) is 17.1. The lowest BCUT2D eigenvalue weighted by Crippen LogP contribution is -2.36. The van der Waals surface area contributed by atoms with Gasteiger partial charge in [0.15, 0.2) is 5.69 Å². The summed E-state index contributed by atoms with van der Waals surface area (Å²) in [6, 6.07) is 9.23. The second-order valence-corrected chi connectivity index (χ2v) is 5.73. The minimum absolute atomic E-state index is 0.0913. The molecule has 0 spiro atoms. The number of carbonyl (C=O) groups is 2. The predicted octanol–water partition coefficient (Wildman–Crippen LogP) is 2.02. The predicted molar refractivity (Wildman–Crippen MR) is 83.5 cm³/mol. The summed E-state index contributed by atoms with van der Waals surface area (Å²) in [5.74, 6) is -1.31. The molecule has 0 saturated carbocycles. The third-order valence-electron chi connectivity index (χ3n) is 4.32. The lowest BCUT2D eigenvalue weighted by molar-refractivity contribution is 0.0688. The number of amides is 1. The van der Waals surface area contributed by atoms with Gasteiger partial charge in [0.1, 0.15) is 12.3 Å². The largest absolute Gasteiger partial charge is 0.476 e. The molecule has 1 amide bonds. The number of carboxylic acid groups (broad SMARTS) is 1. The zero-order valence-electron chi connectivity index (χ0n) is 13.2. The number of nitrogens with zero attached hydrogens (tertiary/aromatic N) is 3. The number of aromatic nitrogens is 3. The van der Waals surface area contributed by atoms with Gasteiger partial charge in [-0.2, -0.15) is 10.3 Å². The van der Waals surface area contributed by atoms with Crippen LogP contribution in [0.1, 0.15) is 41.0 Å². The van der Waals surface area contributed by atoms with E-state index in [-0.39, 0.29) is 24.3 Å². The molecule has 1 aliphatic heterocycles. The van der Waals surface area contributed by atoms with Crippen LogP contribution in [0.15, 0.2) is 30.3 Å². The van der Waals surface area contributed by atoms with Crippen molar-refractivity contribution in [2.75, 3.05) is 6.54 Å². The van der Waals surface area contributed by atoms with Crippen LogP contribution < -0.4 is 0 Å². The number of H-pyrrole nitrogens is 1. The number of hydrogen-bond acceptors (Lipinski definition) is 5. The van der Waals surface area contributed by atoms with E-state index >= 15 is 0 Å². The summed E-state index contributed by atoms with van der Waals surface area (Å²) in [6.07, 6.45) is 0.211. The second-order valence-electron chi connectivity index (χ2n) is 5.73. The first-order valence-corrected chi connectivity index (χ1v) is 7.69. The molecule has 1 saturated heterocycles. The summed E-state index contributed by atoms with van der Waals surface area (Å²) in [7, 11) is 0. The molecule has 24 heavy (non-hydrogen) atoms. The van der Waals surface area contributed by atoms with Crippen LogP contribution >= 0.6 is 0 Å². The fraction of sp³-hybridized carbons (Fsp3) is 0.375. The van der Waals surface area contributed by atoms with Crippen molar-refractivity contribution in [3.05, 3.63) is 47.3 Å². The van der Waals surface area contributed by atoms with Gasteiger partial charge in [0.2, 0.25) is 0 Å². The minimum Gasteiger partial charge on any atom is -0.476 e. The van der Waals surface area contributed by atoms with Crippen LogP contribution in [0.25, 0.3) is 0 Å². The van der Waals surface area contributed by atoms with Gasteiger partial charge in [-0.25, -0.2) is 9.59 Å². The molecule has 8 heteroatoms. The van der Waals surface area contributed by atoms with E-state index in [2.05, 4.69) is 15.4 Å². The van der Waals surface area contributed by atoms with Crippen LogP contribution in [-0.2, 0) is 11.3 Å². The maximum Gasteiger partial charge on any atom is 0.410 e. The molecule has 1 aromatic carbocycles. The molecule has 8 nitrogen and oxygen atoms in total. The quantitative estimate of drug-likeness (QED) is 0.888. The molecular formula is C16H18N4O4. The lowest BCUT2D eigenvalue weighted by Gasteiger charge is -2.23. The average Bonchev–Trinajstić information content (AvgIpc) is 3.20. The van der Waals surface area contributed by atoms with Gasteiger partial charge in [-0.3, -0.25) is 0 Å². The highest BCUT2D eigenvalue weighted by Crippen LogP contribution is 2.33. The van der Waals surface area contributed by atoms with Gasteiger partial charge in [-0.05, 0) is 18.9 Å². The van der Waals surface area contributed by atoms with Gasteiger partial charge in [0.05, 0.1) is 0 Å². The fourth-order valence-corrected chi connectivity index (χ4v) is 3.02. The van der Waals surface area contributed by atoms with Crippen molar-refractivity contribution in [3.63, 3.8) is 0 Å². The number of carboxylic acids is 1. The SMILES string of the molecule is CC1C(c2n[nH]nc2C(=O)O)CCN1C(=O)OCc1ccccc1. The molecule has 0 radical (unpaired) electrons. The van der Waals surface area contributed by atoms with E-state index in [9.17, 15) is 9.59 Å². The summed E-state index contributed by atoms with van der Waals surface area (Å²) >= 11 is 0. The number of aromatic carboxylic acids is 1. The molecule has 2 aromatic rings. The van der Waals surface area contributed by atoms with E-state index < -0.39 is 12.1 Å². The summed E-state index contributed by atoms with van der Waals surface area (Å²) < 4.78 is 5.35. The number of hydrogen-bond donors (Lipinski definition) is 2. The Morgan fingerprint density at radius 3 is 2.79 bits per heavy atom. The molecular weight excluding hydrogens is 312 g/mol. The highest BCUT2D eigenvalue weighted by molar-refractivity contribution is 5.86. The normalized spacial score (nSPS) is 20.1. The Kier molecular flexibility index (Phi) is 4.45. The van der Waals surface area contributed by atoms with E-state index in [1.54, 1.807) is 4.90 Å². The molecule has 1 fully saturated rings. The van der Waals surface area contributed by atoms with Crippen LogP contribution in [0.2, 0.25) is 0 Å². The van der Waals surface area contributed by atoms with Crippen LogP contribution in [0, 0.1) is 0 Å². The molecule has 2 heterocycles. The molecule has 0 bridgehead atoms. The van der Waals surface area contributed by atoms with Gasteiger partial charge < -0.3 is 14.7 Å². The third-order valence-corrected chi connectivity index (χ3v) is 4.32. The van der Waals surface area contributed by atoms with Crippen molar-refractivity contribution in [3.8, 4) is 0 Å². The van der Waals surface area contributed by atoms with Gasteiger partial charge >= 0.3 is 12.1 Å². The Morgan fingerprint density at radius 2 is 2.08 bits per heavy atom. The van der Waals surface area contributed by atoms with Gasteiger partial charge in [-0.15, -0.1) is 5.10 Å². The van der Waals surface area contributed by atoms with E-state index in [4.69, 9.17) is 9.84 Å². The first-order chi connectivity index (χ1) is 11.6. The van der Waals surface area contributed by atoms with Crippen molar-refractivity contribution in [1.82, 2.24) is 20.3 Å². The zero-order valence-corrected chi connectivity index (χ0v) is 13.2. The van der Waals surface area contributed by atoms with Gasteiger partial charge in [0, 0.05) is 18.5 Å². The minimum atomic E-state index is -1.13. The summed E-state index contributed by atoms with van der Waals surface area (Å²) in [6.45, 7) is 2.56. The van der Waals surface area contributed by atoms with Crippen LogP contribution in [0.4, 0.5) is 4.79 Å². The number of carbonyl (C=O) groups excluding carboxylic acids is 1. The Morgan fingerprint density at radius 1 is 1.33 bits per heavy atom. The Balaban J connectivity index is 1.65. The van der Waals surface area contributed by atoms with E-state index in [1.807, 2.05) is 37.3 Å². The average molecular weight is 330 g/mol. The summed E-state index contributed by atoms with van der Waals surface area (Å²) in [5, 5.41) is 19.1. The number of ether oxygens (including phenoxy) is 1. The second kappa shape index (κ2) is 6.69. The number of benzene rings is 1. The molecule has 2 N–H and O–H groups in total.